The fourth-order valence-corrected chi connectivity index (χ4v) is 2.61. The summed E-state index contributed by atoms with van der Waals surface area (Å²) in [6, 6.07) is -0.471. The molecule has 0 rings (SSSR count). The van der Waals surface area contributed by atoms with E-state index in [2.05, 4.69) is 12.2 Å². The van der Waals surface area contributed by atoms with Crippen LogP contribution in [0, 0.1) is 0 Å². The monoisotopic (exact) mass is 327 g/mol. The highest BCUT2D eigenvalue weighted by atomic mass is 16.4. The molecule has 0 aliphatic heterocycles. The van der Waals surface area contributed by atoms with Gasteiger partial charge in [-0.15, -0.1) is 0 Å². The number of nitrogens with one attached hydrogen (secondary N) is 1. The highest BCUT2D eigenvalue weighted by Crippen LogP contribution is 2.12. The maximum absolute atomic E-state index is 10.5. The van der Waals surface area contributed by atoms with Crippen molar-refractivity contribution in [3.63, 3.8) is 0 Å². The number of carbonyl (C=O) groups is 1. The number of rotatable bonds is 15. The van der Waals surface area contributed by atoms with Crippen LogP contribution in [0.15, 0.2) is 12.2 Å². The molecule has 1 amide bonds. The summed E-state index contributed by atoms with van der Waals surface area (Å²) >= 11 is 0. The van der Waals surface area contributed by atoms with Gasteiger partial charge in [-0.1, -0.05) is 83.3 Å². The van der Waals surface area contributed by atoms with Crippen molar-refractivity contribution < 1.29 is 15.0 Å². The van der Waals surface area contributed by atoms with E-state index in [0.29, 0.717) is 0 Å². The zero-order chi connectivity index (χ0) is 17.3. The van der Waals surface area contributed by atoms with Crippen molar-refractivity contribution in [2.24, 2.45) is 0 Å². The Morgan fingerprint density at radius 3 is 1.91 bits per heavy atom. The summed E-state index contributed by atoms with van der Waals surface area (Å²) in [5.74, 6) is 0. The van der Waals surface area contributed by atoms with Gasteiger partial charge in [-0.25, -0.2) is 4.79 Å². The Labute approximate surface area is 142 Å². The first-order valence-electron chi connectivity index (χ1n) is 9.42. The van der Waals surface area contributed by atoms with E-state index in [9.17, 15) is 9.90 Å². The fraction of sp³-hybridized carbons (Fsp3) is 0.842. The van der Waals surface area contributed by atoms with Crippen LogP contribution in [-0.4, -0.2) is 28.5 Å². The molecule has 0 bridgehead atoms. The largest absolute Gasteiger partial charge is 0.465 e. The lowest BCUT2D eigenvalue weighted by Crippen LogP contribution is -2.39. The van der Waals surface area contributed by atoms with Crippen molar-refractivity contribution in [1.29, 1.82) is 0 Å². The minimum Gasteiger partial charge on any atom is -0.465 e. The molecule has 23 heavy (non-hydrogen) atoms. The standard InChI is InChI=1S/C19H37NO3/c1-3-4-5-6-7-8-9-10-11-12-13-14-15-16-18(21)17(2)20-19(22)23/h15-18,20-21H,3-14H2,1-2H3,(H,22,23)/b16-15+/t17-,18+/m0/s1. The Hall–Kier alpha value is -1.03. The normalized spacial score (nSPS) is 14.0. The highest BCUT2D eigenvalue weighted by Gasteiger charge is 2.12. The van der Waals surface area contributed by atoms with Gasteiger partial charge >= 0.3 is 6.09 Å². The summed E-state index contributed by atoms with van der Waals surface area (Å²) in [6.07, 6.45) is 17.4. The Morgan fingerprint density at radius 1 is 0.957 bits per heavy atom. The topological polar surface area (TPSA) is 69.6 Å². The second-order valence-corrected chi connectivity index (χ2v) is 6.48. The Balaban J connectivity index is 3.35. The SMILES string of the molecule is CCCCCCCCCCCCC/C=C/[C@@H](O)[C@H](C)NC(=O)O. The second-order valence-electron chi connectivity index (χ2n) is 6.48. The Bertz CT molecular complexity index is 305. The van der Waals surface area contributed by atoms with E-state index in [-0.39, 0.29) is 0 Å². The highest BCUT2D eigenvalue weighted by molar-refractivity contribution is 5.64. The van der Waals surface area contributed by atoms with Crippen LogP contribution in [0.1, 0.15) is 90.9 Å². The molecule has 0 radical (unpaired) electrons. The van der Waals surface area contributed by atoms with E-state index >= 15 is 0 Å². The molecule has 0 aliphatic carbocycles. The van der Waals surface area contributed by atoms with Crippen molar-refractivity contribution in [2.75, 3.05) is 0 Å². The number of aliphatic hydroxyl groups excluding tert-OH is 1. The average molecular weight is 328 g/mol. The number of unbranched alkanes of at least 4 members (excludes halogenated alkanes) is 11. The number of hydrogen-bond acceptors (Lipinski definition) is 2. The van der Waals surface area contributed by atoms with E-state index < -0.39 is 18.2 Å². The first-order chi connectivity index (χ1) is 11.1. The summed E-state index contributed by atoms with van der Waals surface area (Å²) < 4.78 is 0. The molecule has 3 N–H and O–H groups in total. The summed E-state index contributed by atoms with van der Waals surface area (Å²) in [7, 11) is 0. The summed E-state index contributed by atoms with van der Waals surface area (Å²) in [5.41, 5.74) is 0. The maximum Gasteiger partial charge on any atom is 0.404 e. The molecule has 0 unspecified atom stereocenters. The van der Waals surface area contributed by atoms with Crippen LogP contribution < -0.4 is 5.32 Å². The molecule has 0 aromatic heterocycles. The van der Waals surface area contributed by atoms with E-state index in [4.69, 9.17) is 5.11 Å². The van der Waals surface area contributed by atoms with Crippen LogP contribution in [0.2, 0.25) is 0 Å². The quantitative estimate of drug-likeness (QED) is 0.284. The number of allylic oxidation sites excluding steroid dienone is 1. The molecule has 4 nitrogen and oxygen atoms in total. The molecular formula is C19H37NO3. The van der Waals surface area contributed by atoms with E-state index in [1.54, 1.807) is 13.0 Å². The van der Waals surface area contributed by atoms with Gasteiger partial charge in [0.2, 0.25) is 0 Å². The molecule has 0 aromatic carbocycles. The van der Waals surface area contributed by atoms with Gasteiger partial charge in [0.15, 0.2) is 0 Å². The zero-order valence-corrected chi connectivity index (χ0v) is 15.1. The van der Waals surface area contributed by atoms with Crippen molar-refractivity contribution in [3.8, 4) is 0 Å². The lowest BCUT2D eigenvalue weighted by atomic mass is 10.0. The number of amides is 1. The summed E-state index contributed by atoms with van der Waals surface area (Å²) in [6.45, 7) is 3.91. The molecule has 136 valence electrons. The third-order valence-corrected chi connectivity index (χ3v) is 4.17. The minimum atomic E-state index is -1.10. The van der Waals surface area contributed by atoms with Gasteiger partial charge < -0.3 is 15.5 Å². The number of aliphatic hydroxyl groups is 1. The van der Waals surface area contributed by atoms with Crippen LogP contribution in [0.4, 0.5) is 4.79 Å². The lowest BCUT2D eigenvalue weighted by molar-refractivity contribution is 0.156. The van der Waals surface area contributed by atoms with Crippen LogP contribution in [0.25, 0.3) is 0 Å². The number of carboxylic acid groups (broad SMARTS) is 1. The van der Waals surface area contributed by atoms with Crippen LogP contribution in [0.3, 0.4) is 0 Å². The Morgan fingerprint density at radius 2 is 1.43 bits per heavy atom. The van der Waals surface area contributed by atoms with Gasteiger partial charge in [0, 0.05) is 0 Å². The van der Waals surface area contributed by atoms with Gasteiger partial charge in [0.1, 0.15) is 0 Å². The molecule has 0 aliphatic rings. The molecule has 0 aromatic rings. The number of hydrogen-bond donors (Lipinski definition) is 3. The summed E-state index contributed by atoms with van der Waals surface area (Å²) in [4.78, 5) is 10.5. The van der Waals surface area contributed by atoms with Crippen molar-refractivity contribution in [1.82, 2.24) is 5.32 Å². The average Bonchev–Trinajstić information content (AvgIpc) is 2.51. The molecule has 0 spiro atoms. The van der Waals surface area contributed by atoms with Gasteiger partial charge in [-0.2, -0.15) is 0 Å². The molecule has 4 heteroatoms. The lowest BCUT2D eigenvalue weighted by Gasteiger charge is -2.14. The van der Waals surface area contributed by atoms with Crippen molar-refractivity contribution in [3.05, 3.63) is 12.2 Å². The molecule has 0 saturated heterocycles. The third kappa shape index (κ3) is 15.6. The molecule has 0 fully saturated rings. The second kappa shape index (κ2) is 15.9. The molecule has 2 atom stereocenters. The van der Waals surface area contributed by atoms with Crippen LogP contribution >= 0.6 is 0 Å². The van der Waals surface area contributed by atoms with Crippen LogP contribution in [0.5, 0.6) is 0 Å². The zero-order valence-electron chi connectivity index (χ0n) is 15.1. The molecule has 0 saturated carbocycles. The first-order valence-corrected chi connectivity index (χ1v) is 9.42. The smallest absolute Gasteiger partial charge is 0.404 e. The first kappa shape index (κ1) is 22.0. The van der Waals surface area contributed by atoms with Crippen LogP contribution in [-0.2, 0) is 0 Å². The van der Waals surface area contributed by atoms with Gasteiger partial charge in [0.05, 0.1) is 12.1 Å². The van der Waals surface area contributed by atoms with E-state index in [1.807, 2.05) is 6.08 Å². The van der Waals surface area contributed by atoms with E-state index in [1.165, 1.54) is 64.2 Å². The molecule has 0 heterocycles. The molecular weight excluding hydrogens is 290 g/mol. The summed E-state index contributed by atoms with van der Waals surface area (Å²) in [5, 5.41) is 20.6. The predicted molar refractivity (Wildman–Crippen MR) is 96.8 cm³/mol. The van der Waals surface area contributed by atoms with E-state index in [0.717, 1.165) is 12.8 Å². The van der Waals surface area contributed by atoms with Gasteiger partial charge in [-0.3, -0.25) is 0 Å². The minimum absolute atomic E-state index is 0.471. The third-order valence-electron chi connectivity index (χ3n) is 4.17. The fourth-order valence-electron chi connectivity index (χ4n) is 2.61. The van der Waals surface area contributed by atoms with Gasteiger partial charge in [-0.05, 0) is 19.8 Å². The Kier molecular flexibility index (Phi) is 15.1. The van der Waals surface area contributed by atoms with Crippen molar-refractivity contribution in [2.45, 2.75) is 103 Å². The van der Waals surface area contributed by atoms with Gasteiger partial charge in [0.25, 0.3) is 0 Å². The predicted octanol–water partition coefficient (Wildman–Crippen LogP) is 5.26. The van der Waals surface area contributed by atoms with Crippen molar-refractivity contribution >= 4 is 6.09 Å². The maximum atomic E-state index is 10.5.